The number of hydrogen-bond acceptors (Lipinski definition) is 4. The van der Waals surface area contributed by atoms with Gasteiger partial charge in [-0.1, -0.05) is 18.2 Å². The Labute approximate surface area is 131 Å². The Morgan fingerprint density at radius 1 is 1.17 bits per heavy atom. The Morgan fingerprint density at radius 3 is 2.74 bits per heavy atom. The van der Waals surface area contributed by atoms with E-state index in [9.17, 15) is 9.59 Å². The molecule has 114 valence electrons. The van der Waals surface area contributed by atoms with Gasteiger partial charge in [0, 0.05) is 11.8 Å². The number of nitrogens with zero attached hydrogens (tertiary/aromatic N) is 2. The predicted octanol–water partition coefficient (Wildman–Crippen LogP) is 2.29. The molecule has 2 aromatic carbocycles. The van der Waals surface area contributed by atoms with E-state index in [2.05, 4.69) is 9.97 Å². The summed E-state index contributed by atoms with van der Waals surface area (Å²) in [5, 5.41) is 0.425. The lowest BCUT2D eigenvalue weighted by Gasteiger charge is -2.29. The molecule has 0 fully saturated rings. The number of carbonyl (C=O) groups excluding carboxylic acids is 1. The maximum Gasteiger partial charge on any atom is 0.269 e. The van der Waals surface area contributed by atoms with Crippen LogP contribution in [0.1, 0.15) is 5.82 Å². The number of fused-ring (bicyclic) bond motifs is 2. The SMILES string of the molecule is Cc1nc2cc3c(cc2c(=O)[nH]1)N(c1ccccc1)C(=O)CO3. The van der Waals surface area contributed by atoms with Gasteiger partial charge in [-0.05, 0) is 25.1 Å². The summed E-state index contributed by atoms with van der Waals surface area (Å²) in [5.41, 5.74) is 1.60. The molecule has 0 saturated carbocycles. The van der Waals surface area contributed by atoms with Gasteiger partial charge in [0.15, 0.2) is 6.61 Å². The summed E-state index contributed by atoms with van der Waals surface area (Å²) in [7, 11) is 0. The number of anilines is 2. The highest BCUT2D eigenvalue weighted by Crippen LogP contribution is 2.38. The second-order valence-electron chi connectivity index (χ2n) is 5.34. The molecule has 0 radical (unpaired) electrons. The van der Waals surface area contributed by atoms with Crippen molar-refractivity contribution in [3.8, 4) is 5.75 Å². The van der Waals surface area contributed by atoms with E-state index in [1.165, 1.54) is 0 Å². The molecule has 1 aliphatic rings. The first-order valence-corrected chi connectivity index (χ1v) is 7.19. The van der Waals surface area contributed by atoms with Gasteiger partial charge in [0.25, 0.3) is 11.5 Å². The molecule has 6 heteroatoms. The van der Waals surface area contributed by atoms with Crippen LogP contribution in [0.15, 0.2) is 47.3 Å². The molecule has 0 unspecified atom stereocenters. The fraction of sp³-hybridized carbons (Fsp3) is 0.118. The molecule has 4 rings (SSSR count). The van der Waals surface area contributed by atoms with Gasteiger partial charge in [-0.15, -0.1) is 0 Å². The van der Waals surface area contributed by atoms with E-state index in [0.29, 0.717) is 28.2 Å². The summed E-state index contributed by atoms with van der Waals surface area (Å²) < 4.78 is 5.53. The van der Waals surface area contributed by atoms with Crippen LogP contribution in [0.4, 0.5) is 11.4 Å². The van der Waals surface area contributed by atoms with Crippen LogP contribution in [-0.2, 0) is 4.79 Å². The number of rotatable bonds is 1. The smallest absolute Gasteiger partial charge is 0.269 e. The summed E-state index contributed by atoms with van der Waals surface area (Å²) in [5.74, 6) is 0.896. The van der Waals surface area contributed by atoms with Gasteiger partial charge in [-0.3, -0.25) is 14.5 Å². The van der Waals surface area contributed by atoms with Crippen LogP contribution in [-0.4, -0.2) is 22.5 Å². The van der Waals surface area contributed by atoms with Crippen LogP contribution < -0.4 is 15.2 Å². The molecule has 0 bridgehead atoms. The van der Waals surface area contributed by atoms with Gasteiger partial charge < -0.3 is 9.72 Å². The number of amides is 1. The predicted molar refractivity (Wildman–Crippen MR) is 86.2 cm³/mol. The number of H-pyrrole nitrogens is 1. The summed E-state index contributed by atoms with van der Waals surface area (Å²) in [6.07, 6.45) is 0. The quantitative estimate of drug-likeness (QED) is 0.748. The van der Waals surface area contributed by atoms with Gasteiger partial charge in [-0.25, -0.2) is 4.98 Å². The standard InChI is InChI=1S/C17H13N3O3/c1-10-18-13-8-15-14(7-12(13)17(22)19-10)20(16(21)9-23-15)11-5-3-2-4-6-11/h2-8H,9H2,1H3,(H,18,19,22). The van der Waals surface area contributed by atoms with Gasteiger partial charge >= 0.3 is 0 Å². The second kappa shape index (κ2) is 4.95. The molecule has 0 atom stereocenters. The van der Waals surface area contributed by atoms with Crippen LogP contribution in [0.5, 0.6) is 5.75 Å². The molecule has 6 nitrogen and oxygen atoms in total. The Kier molecular flexibility index (Phi) is 2.90. The molecule has 3 aromatic rings. The summed E-state index contributed by atoms with van der Waals surface area (Å²) >= 11 is 0. The number of hydrogen-bond donors (Lipinski definition) is 1. The van der Waals surface area contributed by atoms with Crippen molar-refractivity contribution in [2.45, 2.75) is 6.92 Å². The topological polar surface area (TPSA) is 75.3 Å². The lowest BCUT2D eigenvalue weighted by Crippen LogP contribution is -2.35. The molecule has 0 spiro atoms. The average Bonchev–Trinajstić information content (AvgIpc) is 2.54. The van der Waals surface area contributed by atoms with Crippen LogP contribution in [0.3, 0.4) is 0 Å². The van der Waals surface area contributed by atoms with Crippen LogP contribution >= 0.6 is 0 Å². The van der Waals surface area contributed by atoms with Crippen molar-refractivity contribution in [1.29, 1.82) is 0 Å². The third kappa shape index (κ3) is 2.15. The number of nitrogens with one attached hydrogen (secondary N) is 1. The third-order valence-electron chi connectivity index (χ3n) is 3.76. The molecule has 0 saturated heterocycles. The first-order chi connectivity index (χ1) is 11.1. The molecular formula is C17H13N3O3. The summed E-state index contributed by atoms with van der Waals surface area (Å²) in [6.45, 7) is 1.68. The number of para-hydroxylation sites is 1. The van der Waals surface area contributed by atoms with Crippen molar-refractivity contribution in [1.82, 2.24) is 9.97 Å². The van der Waals surface area contributed by atoms with Crippen LogP contribution in [0.2, 0.25) is 0 Å². The molecule has 2 heterocycles. The lowest BCUT2D eigenvalue weighted by atomic mass is 10.1. The lowest BCUT2D eigenvalue weighted by molar-refractivity contribution is -0.120. The molecule has 0 aliphatic carbocycles. The van der Waals surface area contributed by atoms with Crippen molar-refractivity contribution in [2.24, 2.45) is 0 Å². The minimum absolute atomic E-state index is 0.0461. The van der Waals surface area contributed by atoms with E-state index >= 15 is 0 Å². The van der Waals surface area contributed by atoms with E-state index in [0.717, 1.165) is 5.69 Å². The Balaban J connectivity index is 1.99. The first kappa shape index (κ1) is 13.5. The summed E-state index contributed by atoms with van der Waals surface area (Å²) in [4.78, 5) is 33.1. The minimum Gasteiger partial charge on any atom is -0.481 e. The Bertz CT molecular complexity index is 980. The van der Waals surface area contributed by atoms with E-state index in [1.807, 2.05) is 30.3 Å². The van der Waals surface area contributed by atoms with Crippen molar-refractivity contribution in [3.63, 3.8) is 0 Å². The zero-order valence-corrected chi connectivity index (χ0v) is 12.4. The second-order valence-corrected chi connectivity index (χ2v) is 5.34. The number of carbonyl (C=O) groups is 1. The highest BCUT2D eigenvalue weighted by Gasteiger charge is 2.28. The van der Waals surface area contributed by atoms with Gasteiger partial charge in [0.05, 0.1) is 16.6 Å². The van der Waals surface area contributed by atoms with Crippen molar-refractivity contribution < 1.29 is 9.53 Å². The van der Waals surface area contributed by atoms with Crippen LogP contribution in [0.25, 0.3) is 10.9 Å². The van der Waals surface area contributed by atoms with Gasteiger partial charge in [0.2, 0.25) is 0 Å². The zero-order valence-electron chi connectivity index (χ0n) is 12.4. The molecule has 1 aliphatic heterocycles. The largest absolute Gasteiger partial charge is 0.481 e. The first-order valence-electron chi connectivity index (χ1n) is 7.19. The molecule has 1 aromatic heterocycles. The molecule has 23 heavy (non-hydrogen) atoms. The zero-order chi connectivity index (χ0) is 16.0. The number of aromatic amines is 1. The van der Waals surface area contributed by atoms with E-state index < -0.39 is 0 Å². The molecular weight excluding hydrogens is 294 g/mol. The van der Waals surface area contributed by atoms with Crippen molar-refractivity contribution in [2.75, 3.05) is 11.5 Å². The normalized spacial score (nSPS) is 13.8. The third-order valence-corrected chi connectivity index (χ3v) is 3.76. The van der Waals surface area contributed by atoms with Crippen molar-refractivity contribution >= 4 is 28.2 Å². The van der Waals surface area contributed by atoms with Gasteiger partial charge in [-0.2, -0.15) is 0 Å². The maximum atomic E-state index is 12.3. The van der Waals surface area contributed by atoms with E-state index in [1.54, 1.807) is 24.0 Å². The number of ether oxygens (including phenoxy) is 1. The molecule has 1 amide bonds. The highest BCUT2D eigenvalue weighted by molar-refractivity contribution is 6.06. The van der Waals surface area contributed by atoms with E-state index in [4.69, 9.17) is 4.74 Å². The minimum atomic E-state index is -0.235. The average molecular weight is 307 g/mol. The molecule has 1 N–H and O–H groups in total. The van der Waals surface area contributed by atoms with Crippen LogP contribution in [0, 0.1) is 6.92 Å². The number of benzene rings is 2. The highest BCUT2D eigenvalue weighted by atomic mass is 16.5. The Morgan fingerprint density at radius 2 is 1.96 bits per heavy atom. The monoisotopic (exact) mass is 307 g/mol. The number of aryl methyl sites for hydroxylation is 1. The maximum absolute atomic E-state index is 12.3. The fourth-order valence-corrected chi connectivity index (χ4v) is 2.76. The van der Waals surface area contributed by atoms with E-state index in [-0.39, 0.29) is 18.1 Å². The Hall–Kier alpha value is -3.15. The fourth-order valence-electron chi connectivity index (χ4n) is 2.76. The summed E-state index contributed by atoms with van der Waals surface area (Å²) in [6, 6.07) is 12.6. The number of aromatic nitrogens is 2. The van der Waals surface area contributed by atoms with Crippen molar-refractivity contribution in [3.05, 3.63) is 58.6 Å². The van der Waals surface area contributed by atoms with Gasteiger partial charge in [0.1, 0.15) is 11.6 Å².